The largest absolute Gasteiger partial charge is 0.489 e. The summed E-state index contributed by atoms with van der Waals surface area (Å²) in [5.74, 6) is 0.906. The van der Waals surface area contributed by atoms with Gasteiger partial charge in [0, 0.05) is 6.04 Å². The third-order valence-corrected chi connectivity index (χ3v) is 3.63. The molecule has 2 heteroatoms. The van der Waals surface area contributed by atoms with Crippen LogP contribution in [-0.2, 0) is 13.0 Å². The first-order chi connectivity index (χ1) is 10.1. The Bertz CT molecular complexity index is 554. The maximum Gasteiger partial charge on any atom is 0.119 e. The van der Waals surface area contributed by atoms with Crippen LogP contribution in [0.1, 0.15) is 35.6 Å². The number of rotatable bonds is 6. The Kier molecular flexibility index (Phi) is 5.40. The van der Waals surface area contributed by atoms with Gasteiger partial charge in [-0.3, -0.25) is 0 Å². The molecule has 0 aliphatic heterocycles. The molecule has 2 N–H and O–H groups in total. The number of hydrogen-bond donors (Lipinski definition) is 1. The minimum absolute atomic E-state index is 0.243. The summed E-state index contributed by atoms with van der Waals surface area (Å²) in [6, 6.07) is 15.0. The van der Waals surface area contributed by atoms with Gasteiger partial charge in [0.05, 0.1) is 0 Å². The van der Waals surface area contributed by atoms with Crippen LogP contribution in [0.25, 0.3) is 0 Å². The Hall–Kier alpha value is -1.80. The van der Waals surface area contributed by atoms with E-state index in [1.807, 2.05) is 12.1 Å². The van der Waals surface area contributed by atoms with Gasteiger partial charge in [-0.25, -0.2) is 0 Å². The molecule has 0 aliphatic rings. The molecule has 0 radical (unpaired) electrons. The fraction of sp³-hybridized carbons (Fsp3) is 0.368. The molecule has 0 aromatic heterocycles. The molecule has 0 fully saturated rings. The Morgan fingerprint density at radius 2 is 1.57 bits per heavy atom. The van der Waals surface area contributed by atoms with Crippen molar-refractivity contribution in [2.75, 3.05) is 0 Å². The Labute approximate surface area is 127 Å². The molecule has 2 aromatic carbocycles. The van der Waals surface area contributed by atoms with Crippen LogP contribution in [0.5, 0.6) is 5.75 Å². The van der Waals surface area contributed by atoms with Gasteiger partial charge in [-0.1, -0.05) is 48.4 Å². The third kappa shape index (κ3) is 4.91. The van der Waals surface area contributed by atoms with E-state index in [1.54, 1.807) is 0 Å². The molecule has 1 atom stereocenters. The Morgan fingerprint density at radius 3 is 2.14 bits per heavy atom. The first-order valence-corrected chi connectivity index (χ1v) is 7.61. The molecule has 2 nitrogen and oxygen atoms in total. The smallest absolute Gasteiger partial charge is 0.119 e. The van der Waals surface area contributed by atoms with E-state index in [2.05, 4.69) is 51.1 Å². The number of benzene rings is 2. The topological polar surface area (TPSA) is 35.2 Å². The predicted molar refractivity (Wildman–Crippen MR) is 88.7 cm³/mol. The lowest BCUT2D eigenvalue weighted by molar-refractivity contribution is 0.306. The van der Waals surface area contributed by atoms with Crippen LogP contribution in [0.15, 0.2) is 42.5 Å². The molecule has 0 aliphatic carbocycles. The maximum atomic E-state index is 5.97. The summed E-state index contributed by atoms with van der Waals surface area (Å²) in [5, 5.41) is 0. The zero-order chi connectivity index (χ0) is 15.2. The first kappa shape index (κ1) is 15.6. The number of hydrogen-bond acceptors (Lipinski definition) is 2. The quantitative estimate of drug-likeness (QED) is 0.864. The van der Waals surface area contributed by atoms with Crippen molar-refractivity contribution in [3.63, 3.8) is 0 Å². The van der Waals surface area contributed by atoms with Gasteiger partial charge < -0.3 is 10.5 Å². The van der Waals surface area contributed by atoms with Crippen molar-refractivity contribution in [1.29, 1.82) is 0 Å². The average molecular weight is 283 g/mol. The highest BCUT2D eigenvalue weighted by molar-refractivity contribution is 5.30. The van der Waals surface area contributed by atoms with Crippen LogP contribution in [0.3, 0.4) is 0 Å². The van der Waals surface area contributed by atoms with Gasteiger partial charge in [-0.15, -0.1) is 0 Å². The predicted octanol–water partition coefficient (Wildman–Crippen LogP) is 4.16. The van der Waals surface area contributed by atoms with E-state index in [0.717, 1.165) is 18.6 Å². The minimum atomic E-state index is 0.243. The van der Waals surface area contributed by atoms with Crippen LogP contribution in [0, 0.1) is 13.8 Å². The van der Waals surface area contributed by atoms with Crippen molar-refractivity contribution >= 4 is 0 Å². The normalized spacial score (nSPS) is 12.2. The van der Waals surface area contributed by atoms with E-state index in [1.165, 1.54) is 22.3 Å². The molecule has 2 aromatic rings. The fourth-order valence-electron chi connectivity index (χ4n) is 2.49. The Morgan fingerprint density at radius 1 is 0.952 bits per heavy atom. The molecular formula is C19H25NO. The van der Waals surface area contributed by atoms with E-state index in [9.17, 15) is 0 Å². The van der Waals surface area contributed by atoms with Crippen LogP contribution >= 0.6 is 0 Å². The molecule has 0 amide bonds. The second kappa shape index (κ2) is 7.28. The van der Waals surface area contributed by atoms with Crippen LogP contribution in [0.4, 0.5) is 0 Å². The molecule has 0 saturated carbocycles. The van der Waals surface area contributed by atoms with E-state index >= 15 is 0 Å². The molecule has 1 unspecified atom stereocenters. The van der Waals surface area contributed by atoms with E-state index in [-0.39, 0.29) is 6.04 Å². The van der Waals surface area contributed by atoms with Crippen molar-refractivity contribution in [1.82, 2.24) is 0 Å². The maximum absolute atomic E-state index is 5.97. The van der Waals surface area contributed by atoms with Crippen molar-refractivity contribution in [2.24, 2.45) is 5.73 Å². The van der Waals surface area contributed by atoms with Gasteiger partial charge in [-0.05, 0) is 49.9 Å². The van der Waals surface area contributed by atoms with Gasteiger partial charge in [0.15, 0.2) is 0 Å². The highest BCUT2D eigenvalue weighted by Crippen LogP contribution is 2.16. The van der Waals surface area contributed by atoms with Crippen LogP contribution in [-0.4, -0.2) is 6.04 Å². The summed E-state index contributed by atoms with van der Waals surface area (Å²) < 4.78 is 5.86. The van der Waals surface area contributed by atoms with E-state index in [4.69, 9.17) is 10.5 Å². The molecule has 112 valence electrons. The zero-order valence-electron chi connectivity index (χ0n) is 13.2. The average Bonchev–Trinajstić information content (AvgIpc) is 2.45. The molecule has 0 spiro atoms. The van der Waals surface area contributed by atoms with Crippen LogP contribution in [0.2, 0.25) is 0 Å². The van der Waals surface area contributed by atoms with Gasteiger partial charge in [0.1, 0.15) is 12.4 Å². The molecule has 0 bridgehead atoms. The van der Waals surface area contributed by atoms with E-state index in [0.29, 0.717) is 6.61 Å². The van der Waals surface area contributed by atoms with Gasteiger partial charge in [0.2, 0.25) is 0 Å². The minimum Gasteiger partial charge on any atom is -0.489 e. The van der Waals surface area contributed by atoms with Crippen molar-refractivity contribution in [2.45, 2.75) is 46.3 Å². The van der Waals surface area contributed by atoms with E-state index < -0.39 is 0 Å². The lowest BCUT2D eigenvalue weighted by Crippen LogP contribution is -2.21. The number of aryl methyl sites for hydroxylation is 2. The molecule has 0 heterocycles. The van der Waals surface area contributed by atoms with Gasteiger partial charge in [0.25, 0.3) is 0 Å². The van der Waals surface area contributed by atoms with Gasteiger partial charge >= 0.3 is 0 Å². The number of nitrogens with two attached hydrogens (primary N) is 1. The van der Waals surface area contributed by atoms with Crippen LogP contribution < -0.4 is 10.5 Å². The monoisotopic (exact) mass is 283 g/mol. The molecule has 0 saturated heterocycles. The summed E-state index contributed by atoms with van der Waals surface area (Å²) in [6.45, 7) is 6.95. The van der Waals surface area contributed by atoms with Gasteiger partial charge in [-0.2, -0.15) is 0 Å². The van der Waals surface area contributed by atoms with Crippen molar-refractivity contribution in [3.8, 4) is 5.75 Å². The summed E-state index contributed by atoms with van der Waals surface area (Å²) in [6.07, 6.45) is 1.93. The first-order valence-electron chi connectivity index (χ1n) is 7.61. The molecular weight excluding hydrogens is 258 g/mol. The highest BCUT2D eigenvalue weighted by Gasteiger charge is 2.02. The SMILES string of the molecule is CCC(N)Cc1ccc(OCc2cc(C)cc(C)c2)cc1. The highest BCUT2D eigenvalue weighted by atomic mass is 16.5. The summed E-state index contributed by atoms with van der Waals surface area (Å²) in [4.78, 5) is 0. The lowest BCUT2D eigenvalue weighted by Gasteiger charge is -2.11. The third-order valence-electron chi connectivity index (χ3n) is 3.63. The fourth-order valence-corrected chi connectivity index (χ4v) is 2.49. The molecule has 2 rings (SSSR count). The molecule has 21 heavy (non-hydrogen) atoms. The summed E-state index contributed by atoms with van der Waals surface area (Å²) in [7, 11) is 0. The number of ether oxygens (including phenoxy) is 1. The summed E-state index contributed by atoms with van der Waals surface area (Å²) >= 11 is 0. The van der Waals surface area contributed by atoms with Crippen molar-refractivity contribution in [3.05, 3.63) is 64.7 Å². The summed E-state index contributed by atoms with van der Waals surface area (Å²) in [5.41, 5.74) is 11.0. The zero-order valence-corrected chi connectivity index (χ0v) is 13.2. The Balaban J connectivity index is 1.94. The second-order valence-electron chi connectivity index (χ2n) is 5.80. The standard InChI is InChI=1S/C19H25NO/c1-4-18(20)12-16-5-7-19(8-6-16)21-13-17-10-14(2)9-15(3)11-17/h5-11,18H,4,12-13,20H2,1-3H3. The second-order valence-corrected chi connectivity index (χ2v) is 5.80. The van der Waals surface area contributed by atoms with Crippen molar-refractivity contribution < 1.29 is 4.74 Å². The lowest BCUT2D eigenvalue weighted by atomic mass is 10.0.